The minimum Gasteiger partial charge on any atom is -0.460 e. The fourth-order valence-electron chi connectivity index (χ4n) is 6.30. The summed E-state index contributed by atoms with van der Waals surface area (Å²) in [7, 11) is -2.59. The molecule has 54 heavy (non-hydrogen) atoms. The number of pyridine rings is 1. The molecule has 0 bridgehead atoms. The lowest BCUT2D eigenvalue weighted by Crippen LogP contribution is -2.33. The molecular formula is C41H57N5O6Si2. The molecule has 0 aliphatic heterocycles. The molecule has 290 valence electrons. The van der Waals surface area contributed by atoms with Crippen LogP contribution in [0.4, 0.5) is 5.82 Å². The Balaban J connectivity index is 1.53. The quantitative estimate of drug-likeness (QED) is 0.0257. The van der Waals surface area contributed by atoms with Crippen molar-refractivity contribution in [1.82, 2.24) is 19.6 Å². The van der Waals surface area contributed by atoms with Gasteiger partial charge in [-0.15, -0.1) is 0 Å². The summed E-state index contributed by atoms with van der Waals surface area (Å²) in [6, 6.07) is 18.5. The van der Waals surface area contributed by atoms with E-state index in [1.165, 1.54) is 6.92 Å². The Kier molecular flexibility index (Phi) is 14.0. The second kappa shape index (κ2) is 18.4. The predicted octanol–water partition coefficient (Wildman–Crippen LogP) is 8.93. The zero-order valence-electron chi connectivity index (χ0n) is 33.3. The van der Waals surface area contributed by atoms with E-state index < -0.39 is 28.1 Å². The zero-order chi connectivity index (χ0) is 38.9. The second-order valence-corrected chi connectivity index (χ2v) is 27.6. The van der Waals surface area contributed by atoms with E-state index >= 15 is 0 Å². The van der Waals surface area contributed by atoms with Crippen LogP contribution in [-0.4, -0.2) is 81.0 Å². The molecule has 3 aromatic heterocycles. The van der Waals surface area contributed by atoms with Gasteiger partial charge in [0, 0.05) is 76.9 Å². The van der Waals surface area contributed by atoms with Crippen LogP contribution in [0.5, 0.6) is 0 Å². The van der Waals surface area contributed by atoms with Crippen molar-refractivity contribution < 1.29 is 28.5 Å². The van der Waals surface area contributed by atoms with E-state index in [2.05, 4.69) is 68.4 Å². The Hall–Kier alpha value is -4.18. The van der Waals surface area contributed by atoms with Crippen molar-refractivity contribution >= 4 is 39.6 Å². The molecule has 1 saturated carbocycles. The molecule has 0 unspecified atom stereocenters. The summed E-state index contributed by atoms with van der Waals surface area (Å²) in [6.45, 7) is 19.4. The third-order valence-electron chi connectivity index (χ3n) is 9.46. The van der Waals surface area contributed by atoms with Gasteiger partial charge in [0.1, 0.15) is 19.3 Å². The topological polar surface area (TPSA) is 117 Å². The fraction of sp³-hybridized carbons (Fsp3) is 0.488. The smallest absolute Gasteiger partial charge is 0.374 e. The van der Waals surface area contributed by atoms with Gasteiger partial charge in [-0.05, 0) is 56.3 Å². The monoisotopic (exact) mass is 771 g/mol. The number of hydrogen-bond donors (Lipinski definition) is 0. The van der Waals surface area contributed by atoms with E-state index in [1.54, 1.807) is 6.92 Å². The lowest BCUT2D eigenvalue weighted by molar-refractivity contribution is -0.150. The fourth-order valence-corrected chi connectivity index (χ4v) is 7.81. The first-order valence-electron chi connectivity index (χ1n) is 19.1. The summed E-state index contributed by atoms with van der Waals surface area (Å²) in [5.41, 5.74) is 6.18. The van der Waals surface area contributed by atoms with Crippen LogP contribution in [-0.2, 0) is 28.5 Å². The third kappa shape index (κ3) is 11.4. The number of esters is 2. The van der Waals surface area contributed by atoms with Gasteiger partial charge in [0.15, 0.2) is 5.65 Å². The zero-order valence-corrected chi connectivity index (χ0v) is 35.3. The molecule has 1 aliphatic carbocycles. The summed E-state index contributed by atoms with van der Waals surface area (Å²) >= 11 is 0. The molecule has 3 heterocycles. The molecule has 4 aromatic rings. The van der Waals surface area contributed by atoms with E-state index in [1.807, 2.05) is 41.2 Å². The van der Waals surface area contributed by atoms with E-state index in [-0.39, 0.29) is 18.3 Å². The number of allylic oxidation sites excluding steroid dienone is 1. The van der Waals surface area contributed by atoms with Crippen molar-refractivity contribution in [3.05, 3.63) is 78.0 Å². The van der Waals surface area contributed by atoms with Crippen molar-refractivity contribution in [2.75, 3.05) is 38.2 Å². The molecule has 11 nitrogen and oxygen atoms in total. The molecule has 1 aliphatic rings. The molecule has 1 aromatic carbocycles. The Morgan fingerprint density at radius 3 is 2.07 bits per heavy atom. The van der Waals surface area contributed by atoms with E-state index in [9.17, 15) is 9.59 Å². The molecule has 0 radical (unpaired) electrons. The number of carbonyl (C=O) groups is 2. The number of anilines is 1. The highest BCUT2D eigenvalue weighted by molar-refractivity contribution is 6.76. The first-order valence-corrected chi connectivity index (χ1v) is 26.5. The number of ether oxygens (including phenoxy) is 4. The van der Waals surface area contributed by atoms with Gasteiger partial charge in [0.05, 0.1) is 18.5 Å². The van der Waals surface area contributed by atoms with Crippen molar-refractivity contribution in [2.45, 2.75) is 96.8 Å². The molecule has 0 N–H and O–H groups in total. The number of rotatable bonds is 17. The summed E-state index contributed by atoms with van der Waals surface area (Å²) < 4.78 is 25.2. The summed E-state index contributed by atoms with van der Waals surface area (Å²) in [6.07, 6.45) is 6.34. The number of fused-ring (bicyclic) bond motifs is 1. The normalized spacial score (nSPS) is 15.0. The van der Waals surface area contributed by atoms with Gasteiger partial charge in [-0.1, -0.05) is 75.7 Å². The highest BCUT2D eigenvalue weighted by Gasteiger charge is 2.29. The Morgan fingerprint density at radius 2 is 1.52 bits per heavy atom. The van der Waals surface area contributed by atoms with Crippen LogP contribution in [0.15, 0.2) is 72.3 Å². The van der Waals surface area contributed by atoms with Crippen LogP contribution in [0.1, 0.15) is 51.1 Å². The van der Waals surface area contributed by atoms with Crippen LogP contribution >= 0.6 is 0 Å². The largest absolute Gasteiger partial charge is 0.460 e. The molecular weight excluding hydrogens is 715 g/mol. The van der Waals surface area contributed by atoms with E-state index in [0.717, 1.165) is 70.0 Å². The molecule has 13 heteroatoms. The van der Waals surface area contributed by atoms with Crippen molar-refractivity contribution in [3.63, 3.8) is 0 Å². The van der Waals surface area contributed by atoms with Gasteiger partial charge in [-0.3, -0.25) is 9.78 Å². The predicted molar refractivity (Wildman–Crippen MR) is 219 cm³/mol. The lowest BCUT2D eigenvalue weighted by Gasteiger charge is -2.29. The average molecular weight is 772 g/mol. The molecule has 5 rings (SSSR count). The van der Waals surface area contributed by atoms with Gasteiger partial charge in [-0.2, -0.15) is 9.61 Å². The minimum absolute atomic E-state index is 0.0218. The van der Waals surface area contributed by atoms with Crippen LogP contribution < -0.4 is 4.90 Å². The van der Waals surface area contributed by atoms with Gasteiger partial charge < -0.3 is 23.8 Å². The summed E-state index contributed by atoms with van der Waals surface area (Å²) in [4.78, 5) is 36.9. The van der Waals surface area contributed by atoms with Crippen molar-refractivity contribution in [1.29, 1.82) is 0 Å². The Labute approximate surface area is 322 Å². The first-order chi connectivity index (χ1) is 25.7. The minimum atomic E-state index is -1.29. The van der Waals surface area contributed by atoms with Crippen molar-refractivity contribution in [3.8, 4) is 22.4 Å². The first kappa shape index (κ1) is 41.0. The number of benzene rings is 1. The Bertz CT molecular complexity index is 1870. The second-order valence-electron chi connectivity index (χ2n) is 16.4. The SMILES string of the molecule is CCOC(=O)C(OC(C)=O)=C1CCC(c2cc(N(COCC[Si](C)(C)C)COCC[Si](C)(C)C)n3ncc(-c4ccc(-c5ccccc5)nc4)c3n2)CC1. The number of aromatic nitrogens is 4. The molecule has 0 saturated heterocycles. The van der Waals surface area contributed by atoms with Crippen LogP contribution in [0.3, 0.4) is 0 Å². The van der Waals surface area contributed by atoms with Crippen molar-refractivity contribution in [2.24, 2.45) is 0 Å². The maximum Gasteiger partial charge on any atom is 0.374 e. The number of nitrogens with zero attached hydrogens (tertiary/aromatic N) is 5. The third-order valence-corrected chi connectivity index (χ3v) is 12.9. The molecule has 1 fully saturated rings. The standard InChI is InChI=1S/C41H57N5O6Si2/c1-9-51-41(48)39(52-30(2)47)33-17-15-32(16-18-33)37-25-38(45(28-49-21-23-53(3,4)5)29-50-22-24-54(6,7)8)46-40(44-37)35(27-43-46)34-19-20-36(42-26-34)31-13-11-10-12-14-31/h10-14,19-20,25-27,32H,9,15-18,21-24,28-29H2,1-8H3. The molecule has 0 atom stereocenters. The number of carbonyl (C=O) groups excluding carboxylic acids is 2. The van der Waals surface area contributed by atoms with E-state index in [0.29, 0.717) is 39.5 Å². The summed E-state index contributed by atoms with van der Waals surface area (Å²) in [5, 5.41) is 4.90. The van der Waals surface area contributed by atoms with Crippen LogP contribution in [0.2, 0.25) is 51.4 Å². The van der Waals surface area contributed by atoms with Gasteiger partial charge in [0.25, 0.3) is 0 Å². The Morgan fingerprint density at radius 1 is 0.870 bits per heavy atom. The highest BCUT2D eigenvalue weighted by atomic mass is 28.3. The lowest BCUT2D eigenvalue weighted by atomic mass is 9.83. The average Bonchev–Trinajstić information content (AvgIpc) is 3.57. The summed E-state index contributed by atoms with van der Waals surface area (Å²) in [5.74, 6) is -0.193. The highest BCUT2D eigenvalue weighted by Crippen LogP contribution is 2.39. The van der Waals surface area contributed by atoms with Gasteiger partial charge >= 0.3 is 11.9 Å². The maximum atomic E-state index is 12.8. The van der Waals surface area contributed by atoms with E-state index in [4.69, 9.17) is 34.0 Å². The van der Waals surface area contributed by atoms with Crippen LogP contribution in [0, 0.1) is 0 Å². The van der Waals surface area contributed by atoms with Gasteiger partial charge in [-0.25, -0.2) is 9.78 Å². The van der Waals surface area contributed by atoms with Gasteiger partial charge in [0.2, 0.25) is 5.76 Å². The van der Waals surface area contributed by atoms with Crippen LogP contribution in [0.25, 0.3) is 28.0 Å². The molecule has 0 spiro atoms. The maximum absolute atomic E-state index is 12.8. The molecule has 0 amide bonds. The number of hydrogen-bond acceptors (Lipinski definition) is 10.